The molecule has 0 saturated carbocycles. The van der Waals surface area contributed by atoms with E-state index in [0.29, 0.717) is 12.2 Å². The smallest absolute Gasteiger partial charge is 0.274 e. The summed E-state index contributed by atoms with van der Waals surface area (Å²) in [4.78, 5) is 16.2. The number of benzene rings is 1. The molecule has 0 saturated heterocycles. The first-order valence-electron chi connectivity index (χ1n) is 4.33. The average Bonchev–Trinajstić information content (AvgIpc) is 2.18. The second kappa shape index (κ2) is 5.12. The zero-order valence-electron chi connectivity index (χ0n) is 8.13. The van der Waals surface area contributed by atoms with Crippen LogP contribution in [0.4, 0.5) is 0 Å². The summed E-state index contributed by atoms with van der Waals surface area (Å²) in [5, 5.41) is 0. The van der Waals surface area contributed by atoms with Crippen LogP contribution in [0.25, 0.3) is 0 Å². The zero-order valence-corrected chi connectivity index (χ0v) is 9.72. The Kier molecular flexibility index (Phi) is 4.10. The molecule has 1 aromatic carbocycles. The number of halogens is 1. The molecule has 0 heterocycles. The molecule has 0 atom stereocenters. The van der Waals surface area contributed by atoms with E-state index in [0.717, 1.165) is 10.0 Å². The summed E-state index contributed by atoms with van der Waals surface area (Å²) in [6, 6.07) is 5.41. The molecule has 0 bridgehead atoms. The van der Waals surface area contributed by atoms with Gasteiger partial charge >= 0.3 is 0 Å². The van der Waals surface area contributed by atoms with Crippen molar-refractivity contribution in [3.05, 3.63) is 33.8 Å². The van der Waals surface area contributed by atoms with E-state index in [2.05, 4.69) is 21.4 Å². The summed E-state index contributed by atoms with van der Waals surface area (Å²) in [5.74, 6) is -0.229. The van der Waals surface area contributed by atoms with Crippen molar-refractivity contribution in [2.45, 2.75) is 13.8 Å². The quantitative estimate of drug-likeness (QED) is 0.845. The number of amides is 1. The number of carbonyl (C=O) groups is 1. The maximum atomic E-state index is 11.4. The van der Waals surface area contributed by atoms with E-state index in [1.54, 1.807) is 12.1 Å². The predicted molar refractivity (Wildman–Crippen MR) is 58.0 cm³/mol. The fourth-order valence-electron chi connectivity index (χ4n) is 0.931. The Bertz CT molecular complexity index is 339. The lowest BCUT2D eigenvalue weighted by Crippen LogP contribution is -2.23. The molecule has 1 amide bonds. The largest absolute Gasteiger partial charge is 0.274 e. The topological polar surface area (TPSA) is 38.3 Å². The molecule has 3 nitrogen and oxygen atoms in total. The van der Waals surface area contributed by atoms with Gasteiger partial charge in [-0.15, -0.1) is 0 Å². The summed E-state index contributed by atoms with van der Waals surface area (Å²) in [5.41, 5.74) is 4.01. The molecule has 0 aliphatic carbocycles. The molecule has 1 aromatic rings. The molecular formula is C10H12BrNO2. The molecular weight excluding hydrogens is 246 g/mol. The molecule has 0 fully saturated rings. The molecule has 76 valence electrons. The molecule has 0 aliphatic heterocycles. The normalized spacial score (nSPS) is 9.93. The van der Waals surface area contributed by atoms with Gasteiger partial charge in [-0.2, -0.15) is 0 Å². The Labute approximate surface area is 91.5 Å². The van der Waals surface area contributed by atoms with Crippen molar-refractivity contribution < 1.29 is 9.63 Å². The van der Waals surface area contributed by atoms with Gasteiger partial charge in [0.15, 0.2) is 0 Å². The van der Waals surface area contributed by atoms with E-state index in [-0.39, 0.29) is 5.91 Å². The highest BCUT2D eigenvalue weighted by Crippen LogP contribution is 2.17. The highest BCUT2D eigenvalue weighted by atomic mass is 79.9. The van der Waals surface area contributed by atoms with E-state index in [9.17, 15) is 4.79 Å². The minimum absolute atomic E-state index is 0.229. The Hall–Kier alpha value is -0.870. The van der Waals surface area contributed by atoms with Crippen LogP contribution in [-0.4, -0.2) is 12.5 Å². The lowest BCUT2D eigenvalue weighted by atomic mass is 10.1. The van der Waals surface area contributed by atoms with Crippen molar-refractivity contribution in [3.8, 4) is 0 Å². The lowest BCUT2D eigenvalue weighted by Gasteiger charge is -2.05. The molecule has 4 heteroatoms. The minimum atomic E-state index is -0.229. The van der Waals surface area contributed by atoms with Crippen LogP contribution >= 0.6 is 15.9 Å². The summed E-state index contributed by atoms with van der Waals surface area (Å²) in [6.07, 6.45) is 0. The van der Waals surface area contributed by atoms with Gasteiger partial charge in [0.1, 0.15) is 0 Å². The summed E-state index contributed by atoms with van der Waals surface area (Å²) < 4.78 is 0.918. The third-order valence-electron chi connectivity index (χ3n) is 1.74. The van der Waals surface area contributed by atoms with Crippen molar-refractivity contribution in [3.63, 3.8) is 0 Å². The SMILES string of the molecule is CCONC(=O)c1ccc(C)c(Br)c1. The number of aryl methyl sites for hydroxylation is 1. The van der Waals surface area contributed by atoms with Crippen molar-refractivity contribution in [1.82, 2.24) is 5.48 Å². The van der Waals surface area contributed by atoms with Crippen LogP contribution < -0.4 is 5.48 Å². The van der Waals surface area contributed by atoms with E-state index >= 15 is 0 Å². The zero-order chi connectivity index (χ0) is 10.6. The van der Waals surface area contributed by atoms with Crippen LogP contribution in [0.2, 0.25) is 0 Å². The van der Waals surface area contributed by atoms with Gasteiger partial charge in [-0.3, -0.25) is 9.63 Å². The van der Waals surface area contributed by atoms with Gasteiger partial charge in [0.05, 0.1) is 6.61 Å². The molecule has 0 aliphatic rings. The second-order valence-electron chi connectivity index (χ2n) is 2.83. The van der Waals surface area contributed by atoms with Gasteiger partial charge in [0.25, 0.3) is 5.91 Å². The first kappa shape index (κ1) is 11.2. The molecule has 14 heavy (non-hydrogen) atoms. The molecule has 0 aromatic heterocycles. The lowest BCUT2D eigenvalue weighted by molar-refractivity contribution is 0.0364. The number of hydrogen-bond donors (Lipinski definition) is 1. The molecule has 0 unspecified atom stereocenters. The maximum absolute atomic E-state index is 11.4. The van der Waals surface area contributed by atoms with Crippen molar-refractivity contribution in [2.75, 3.05) is 6.61 Å². The summed E-state index contributed by atoms with van der Waals surface area (Å²) in [6.45, 7) is 4.23. The number of rotatable bonds is 3. The standard InChI is InChI=1S/C10H12BrNO2/c1-3-14-12-10(13)8-5-4-7(2)9(11)6-8/h4-6H,3H2,1-2H3,(H,12,13). The maximum Gasteiger partial charge on any atom is 0.274 e. The van der Waals surface area contributed by atoms with E-state index < -0.39 is 0 Å². The Balaban J connectivity index is 2.76. The van der Waals surface area contributed by atoms with Gasteiger partial charge in [-0.05, 0) is 31.5 Å². The monoisotopic (exact) mass is 257 g/mol. The van der Waals surface area contributed by atoms with Crippen LogP contribution in [0.5, 0.6) is 0 Å². The van der Waals surface area contributed by atoms with Crippen molar-refractivity contribution in [2.24, 2.45) is 0 Å². The van der Waals surface area contributed by atoms with Gasteiger partial charge in [0, 0.05) is 10.0 Å². The van der Waals surface area contributed by atoms with Gasteiger partial charge in [0.2, 0.25) is 0 Å². The number of carbonyl (C=O) groups excluding carboxylic acids is 1. The van der Waals surface area contributed by atoms with Crippen LogP contribution in [0.1, 0.15) is 22.8 Å². The van der Waals surface area contributed by atoms with Gasteiger partial charge < -0.3 is 0 Å². The Morgan fingerprint density at radius 2 is 2.29 bits per heavy atom. The van der Waals surface area contributed by atoms with Crippen LogP contribution in [0.3, 0.4) is 0 Å². The van der Waals surface area contributed by atoms with Gasteiger partial charge in [-0.25, -0.2) is 5.48 Å². The second-order valence-corrected chi connectivity index (χ2v) is 3.68. The Morgan fingerprint density at radius 3 is 2.86 bits per heavy atom. The Morgan fingerprint density at radius 1 is 1.57 bits per heavy atom. The highest BCUT2D eigenvalue weighted by Gasteiger charge is 2.06. The number of hydroxylamine groups is 1. The summed E-state index contributed by atoms with van der Waals surface area (Å²) in [7, 11) is 0. The first-order chi connectivity index (χ1) is 6.65. The molecule has 1 rings (SSSR count). The van der Waals surface area contributed by atoms with E-state index in [1.807, 2.05) is 19.9 Å². The number of nitrogens with one attached hydrogen (secondary N) is 1. The first-order valence-corrected chi connectivity index (χ1v) is 5.12. The molecule has 0 spiro atoms. The van der Waals surface area contributed by atoms with Gasteiger partial charge in [-0.1, -0.05) is 22.0 Å². The molecule has 1 N–H and O–H groups in total. The van der Waals surface area contributed by atoms with Crippen LogP contribution in [-0.2, 0) is 4.84 Å². The average molecular weight is 258 g/mol. The van der Waals surface area contributed by atoms with Crippen molar-refractivity contribution >= 4 is 21.8 Å². The third kappa shape index (κ3) is 2.82. The van der Waals surface area contributed by atoms with E-state index in [1.165, 1.54) is 0 Å². The third-order valence-corrected chi connectivity index (χ3v) is 2.60. The summed E-state index contributed by atoms with van der Waals surface area (Å²) >= 11 is 3.36. The fraction of sp³-hybridized carbons (Fsp3) is 0.300. The predicted octanol–water partition coefficient (Wildman–Crippen LogP) is 2.44. The van der Waals surface area contributed by atoms with Crippen LogP contribution in [0, 0.1) is 6.92 Å². The van der Waals surface area contributed by atoms with Crippen LogP contribution in [0.15, 0.2) is 22.7 Å². The van der Waals surface area contributed by atoms with E-state index in [4.69, 9.17) is 4.84 Å². The number of hydrogen-bond acceptors (Lipinski definition) is 2. The fourth-order valence-corrected chi connectivity index (χ4v) is 1.31. The highest BCUT2D eigenvalue weighted by molar-refractivity contribution is 9.10. The minimum Gasteiger partial charge on any atom is -0.274 e. The molecule has 0 radical (unpaired) electrons. The van der Waals surface area contributed by atoms with Crippen molar-refractivity contribution in [1.29, 1.82) is 0 Å².